The molecule has 2 atom stereocenters. The molecule has 38 heavy (non-hydrogen) atoms. The molecule has 1 saturated heterocycles. The zero-order valence-electron chi connectivity index (χ0n) is 22.9. The number of benzene rings is 2. The van der Waals surface area contributed by atoms with E-state index in [1.54, 1.807) is 0 Å². The summed E-state index contributed by atoms with van der Waals surface area (Å²) in [5.74, 6) is 1.02. The number of Topliss-reactive ketones (excluding diaryl/α,β-unsaturated/α-hetero) is 1. The molecule has 3 aliphatic rings. The Morgan fingerprint density at radius 3 is 2.47 bits per heavy atom. The van der Waals surface area contributed by atoms with Gasteiger partial charge in [0.15, 0.2) is 5.78 Å². The van der Waals surface area contributed by atoms with Crippen LogP contribution in [0.3, 0.4) is 0 Å². The summed E-state index contributed by atoms with van der Waals surface area (Å²) in [4.78, 5) is 33.0. The lowest BCUT2D eigenvalue weighted by molar-refractivity contribution is 0.0917. The van der Waals surface area contributed by atoms with E-state index in [4.69, 9.17) is 0 Å². The van der Waals surface area contributed by atoms with Crippen LogP contribution in [0, 0.1) is 18.8 Å². The maximum Gasteiger partial charge on any atom is 0.252 e. The molecule has 3 heterocycles. The molecular weight excluding hydrogens is 470 g/mol. The molecule has 1 aromatic heterocycles. The smallest absolute Gasteiger partial charge is 0.252 e. The Labute approximate surface area is 226 Å². The molecule has 1 aliphatic carbocycles. The van der Waals surface area contributed by atoms with E-state index in [1.165, 1.54) is 43.2 Å². The number of amides is 1. The minimum Gasteiger partial charge on any atom is -0.349 e. The Kier molecular flexibility index (Phi) is 6.81. The Hall–Kier alpha value is -3.05. The number of nitrogens with zero attached hydrogens (tertiary/aromatic N) is 2. The Morgan fingerprint density at radius 1 is 0.947 bits per heavy atom. The Balaban J connectivity index is 1.02. The Bertz CT molecular complexity index is 1370. The van der Waals surface area contributed by atoms with Crippen molar-refractivity contribution >= 4 is 22.6 Å². The van der Waals surface area contributed by atoms with E-state index in [-0.39, 0.29) is 23.7 Å². The van der Waals surface area contributed by atoms with Crippen molar-refractivity contribution in [2.75, 3.05) is 6.54 Å². The maximum atomic E-state index is 13.1. The van der Waals surface area contributed by atoms with Crippen LogP contribution in [0.5, 0.6) is 0 Å². The fourth-order valence-electron chi connectivity index (χ4n) is 7.14. The summed E-state index contributed by atoms with van der Waals surface area (Å²) in [7, 11) is 0. The predicted octanol–water partition coefficient (Wildman–Crippen LogP) is 6.95. The molecule has 3 aromatic rings. The van der Waals surface area contributed by atoms with E-state index in [9.17, 15) is 9.59 Å². The van der Waals surface area contributed by atoms with Gasteiger partial charge in [-0.2, -0.15) is 0 Å². The summed E-state index contributed by atoms with van der Waals surface area (Å²) >= 11 is 0. The van der Waals surface area contributed by atoms with Gasteiger partial charge in [0.25, 0.3) is 5.91 Å². The van der Waals surface area contributed by atoms with Crippen molar-refractivity contribution in [3.05, 3.63) is 76.5 Å². The number of hydrogen-bond acceptors (Lipinski definition) is 4. The summed E-state index contributed by atoms with van der Waals surface area (Å²) in [6, 6.07) is 17.5. The SMILES string of the molecule is Cc1ccc2c(C(=O)N[C@H]3CC[C@H](CCN4[C@@H]5CC[C@H]4c4ccc(C(=O)C(C)C)cc45)CC3)cccc2n1. The molecular formula is C33H39N3O2. The van der Waals surface area contributed by atoms with Gasteiger partial charge in [-0.05, 0) is 99.7 Å². The number of aryl methyl sites for hydroxylation is 1. The highest BCUT2D eigenvalue weighted by Crippen LogP contribution is 2.53. The topological polar surface area (TPSA) is 62.3 Å². The van der Waals surface area contributed by atoms with Crippen LogP contribution in [0.2, 0.25) is 0 Å². The van der Waals surface area contributed by atoms with Crippen molar-refractivity contribution in [1.29, 1.82) is 0 Å². The molecule has 2 aliphatic heterocycles. The normalized spacial score (nSPS) is 24.6. The molecule has 2 bridgehead atoms. The van der Waals surface area contributed by atoms with Crippen LogP contribution in [0.15, 0.2) is 48.5 Å². The number of ketones is 1. The number of pyridine rings is 1. The third kappa shape index (κ3) is 4.66. The lowest BCUT2D eigenvalue weighted by Gasteiger charge is -2.31. The zero-order chi connectivity index (χ0) is 26.4. The second kappa shape index (κ2) is 10.3. The molecule has 1 amide bonds. The van der Waals surface area contributed by atoms with Gasteiger partial charge in [-0.15, -0.1) is 0 Å². The average Bonchev–Trinajstić information content (AvgIpc) is 3.47. The molecule has 1 saturated carbocycles. The number of carbonyl (C=O) groups is 2. The third-order valence-corrected chi connectivity index (χ3v) is 9.22. The van der Waals surface area contributed by atoms with Gasteiger partial charge in [-0.25, -0.2) is 0 Å². The first-order valence-electron chi connectivity index (χ1n) is 14.5. The van der Waals surface area contributed by atoms with E-state index >= 15 is 0 Å². The van der Waals surface area contributed by atoms with Crippen molar-refractivity contribution in [2.24, 2.45) is 11.8 Å². The molecule has 0 unspecified atom stereocenters. The monoisotopic (exact) mass is 509 g/mol. The summed E-state index contributed by atoms with van der Waals surface area (Å²) in [5.41, 5.74) is 6.29. The number of hydrogen-bond donors (Lipinski definition) is 1. The molecule has 5 heteroatoms. The summed E-state index contributed by atoms with van der Waals surface area (Å²) in [6.45, 7) is 7.07. The van der Waals surface area contributed by atoms with Crippen LogP contribution in [0.25, 0.3) is 10.9 Å². The quantitative estimate of drug-likeness (QED) is 0.350. The average molecular weight is 510 g/mol. The molecule has 2 aromatic carbocycles. The van der Waals surface area contributed by atoms with Crippen molar-refractivity contribution in [1.82, 2.24) is 15.2 Å². The van der Waals surface area contributed by atoms with Crippen LogP contribution >= 0.6 is 0 Å². The molecule has 198 valence electrons. The largest absolute Gasteiger partial charge is 0.349 e. The van der Waals surface area contributed by atoms with Crippen LogP contribution in [0.1, 0.15) is 108 Å². The van der Waals surface area contributed by atoms with Gasteiger partial charge < -0.3 is 5.32 Å². The van der Waals surface area contributed by atoms with Crippen LogP contribution < -0.4 is 5.32 Å². The highest BCUT2D eigenvalue weighted by atomic mass is 16.1. The van der Waals surface area contributed by atoms with Crippen molar-refractivity contribution < 1.29 is 9.59 Å². The fraction of sp³-hybridized carbons (Fsp3) is 0.485. The van der Waals surface area contributed by atoms with Gasteiger partial charge in [0.1, 0.15) is 0 Å². The molecule has 1 N–H and O–H groups in total. The van der Waals surface area contributed by atoms with Gasteiger partial charge in [-0.1, -0.05) is 38.1 Å². The number of rotatable bonds is 7. The molecule has 0 radical (unpaired) electrons. The van der Waals surface area contributed by atoms with E-state index in [1.807, 2.05) is 57.2 Å². The summed E-state index contributed by atoms with van der Waals surface area (Å²) in [5, 5.41) is 4.24. The van der Waals surface area contributed by atoms with Gasteiger partial charge in [0, 0.05) is 46.3 Å². The molecule has 5 nitrogen and oxygen atoms in total. The number of aromatic nitrogens is 1. The number of carbonyl (C=O) groups excluding carboxylic acids is 2. The minimum atomic E-state index is 0.0198. The van der Waals surface area contributed by atoms with Crippen LogP contribution in [-0.2, 0) is 0 Å². The maximum absolute atomic E-state index is 13.1. The van der Waals surface area contributed by atoms with Crippen molar-refractivity contribution in [2.45, 2.75) is 83.8 Å². The van der Waals surface area contributed by atoms with Crippen LogP contribution in [0.4, 0.5) is 0 Å². The highest BCUT2D eigenvalue weighted by Gasteiger charge is 2.43. The molecule has 0 spiro atoms. The minimum absolute atomic E-state index is 0.0198. The molecule has 6 rings (SSSR count). The highest BCUT2D eigenvalue weighted by molar-refractivity contribution is 6.06. The summed E-state index contributed by atoms with van der Waals surface area (Å²) < 4.78 is 0. The Morgan fingerprint density at radius 2 is 1.71 bits per heavy atom. The predicted molar refractivity (Wildman–Crippen MR) is 151 cm³/mol. The van der Waals surface area contributed by atoms with Crippen LogP contribution in [-0.4, -0.2) is 34.2 Å². The van der Waals surface area contributed by atoms with Gasteiger partial charge in [-0.3, -0.25) is 19.5 Å². The third-order valence-electron chi connectivity index (χ3n) is 9.22. The van der Waals surface area contributed by atoms with Gasteiger partial charge >= 0.3 is 0 Å². The first-order chi connectivity index (χ1) is 18.4. The van der Waals surface area contributed by atoms with E-state index < -0.39 is 0 Å². The van der Waals surface area contributed by atoms with Gasteiger partial charge in [0.05, 0.1) is 5.52 Å². The first kappa shape index (κ1) is 25.2. The zero-order valence-corrected chi connectivity index (χ0v) is 22.9. The van der Waals surface area contributed by atoms with E-state index in [0.29, 0.717) is 18.0 Å². The first-order valence-corrected chi connectivity index (χ1v) is 14.5. The standard InChI is InChI=1S/C33H39N3O2/c1-20(2)32(37)23-10-14-26-28(19-23)31-16-15-30(26)36(31)18-17-22-8-11-24(12-9-22)35-33(38)27-5-4-6-29-25(27)13-7-21(3)34-29/h4-7,10,13-14,19-20,22,24,30-31H,8-9,11-12,15-18H2,1-3H3,(H,35,38)/t22-,24-,30-,31+/m0/s1. The second-order valence-corrected chi connectivity index (χ2v) is 12.0. The fourth-order valence-corrected chi connectivity index (χ4v) is 7.14. The lowest BCUT2D eigenvalue weighted by Crippen LogP contribution is -2.38. The lowest BCUT2D eigenvalue weighted by atomic mass is 9.84. The molecule has 2 fully saturated rings. The van der Waals surface area contributed by atoms with Gasteiger partial charge in [0.2, 0.25) is 0 Å². The summed E-state index contributed by atoms with van der Waals surface area (Å²) in [6.07, 6.45) is 8.09. The second-order valence-electron chi connectivity index (χ2n) is 12.0. The number of nitrogens with one attached hydrogen (secondary N) is 1. The van der Waals surface area contributed by atoms with Crippen molar-refractivity contribution in [3.63, 3.8) is 0 Å². The van der Waals surface area contributed by atoms with E-state index in [0.717, 1.165) is 47.1 Å². The number of fused-ring (bicyclic) bond motifs is 6. The van der Waals surface area contributed by atoms with Crippen molar-refractivity contribution in [3.8, 4) is 0 Å². The van der Waals surface area contributed by atoms with E-state index in [2.05, 4.69) is 27.3 Å².